The molecule has 1 saturated heterocycles. The summed E-state index contributed by atoms with van der Waals surface area (Å²) in [6, 6.07) is 0.483. The number of piperidine rings is 1. The molecule has 0 saturated carbocycles. The molecular formula is C14H28N2O. The van der Waals surface area contributed by atoms with Gasteiger partial charge in [0, 0.05) is 19.0 Å². The zero-order valence-electron chi connectivity index (χ0n) is 11.6. The van der Waals surface area contributed by atoms with Crippen LogP contribution in [0.3, 0.4) is 0 Å². The number of carbonyl (C=O) groups is 1. The van der Waals surface area contributed by atoms with E-state index in [1.807, 2.05) is 0 Å². The van der Waals surface area contributed by atoms with Gasteiger partial charge < -0.3 is 10.6 Å². The molecule has 0 aromatic carbocycles. The largest absolute Gasteiger partial charge is 0.355 e. The van der Waals surface area contributed by atoms with Crippen LogP contribution in [-0.2, 0) is 4.79 Å². The van der Waals surface area contributed by atoms with Gasteiger partial charge in [-0.2, -0.15) is 0 Å². The van der Waals surface area contributed by atoms with Crippen LogP contribution in [-0.4, -0.2) is 25.0 Å². The van der Waals surface area contributed by atoms with Crippen LogP contribution in [0.1, 0.15) is 52.9 Å². The van der Waals surface area contributed by atoms with E-state index in [2.05, 4.69) is 31.4 Å². The Morgan fingerprint density at radius 3 is 2.88 bits per heavy atom. The van der Waals surface area contributed by atoms with Gasteiger partial charge in [0.1, 0.15) is 0 Å². The Hall–Kier alpha value is -0.570. The summed E-state index contributed by atoms with van der Waals surface area (Å²) in [5.74, 6) is 1.55. The highest BCUT2D eigenvalue weighted by Crippen LogP contribution is 2.19. The van der Waals surface area contributed by atoms with E-state index in [1.54, 1.807) is 0 Å². The van der Waals surface area contributed by atoms with Gasteiger partial charge in [0.2, 0.25) is 5.91 Å². The van der Waals surface area contributed by atoms with Gasteiger partial charge in [0.05, 0.1) is 0 Å². The van der Waals surface area contributed by atoms with Crippen LogP contribution in [0.4, 0.5) is 0 Å². The van der Waals surface area contributed by atoms with Crippen molar-refractivity contribution in [3.05, 3.63) is 0 Å². The summed E-state index contributed by atoms with van der Waals surface area (Å²) in [5.41, 5.74) is 0. The van der Waals surface area contributed by atoms with Crippen molar-refractivity contribution in [2.75, 3.05) is 13.1 Å². The van der Waals surface area contributed by atoms with Gasteiger partial charge in [0.25, 0.3) is 0 Å². The lowest BCUT2D eigenvalue weighted by Gasteiger charge is -2.32. The number of nitrogens with one attached hydrogen (secondary N) is 2. The highest BCUT2D eigenvalue weighted by molar-refractivity contribution is 5.75. The summed E-state index contributed by atoms with van der Waals surface area (Å²) in [7, 11) is 0. The van der Waals surface area contributed by atoms with Gasteiger partial charge >= 0.3 is 0 Å². The topological polar surface area (TPSA) is 41.1 Å². The van der Waals surface area contributed by atoms with Gasteiger partial charge in [-0.15, -0.1) is 0 Å². The van der Waals surface area contributed by atoms with E-state index in [9.17, 15) is 4.79 Å². The van der Waals surface area contributed by atoms with Crippen molar-refractivity contribution < 1.29 is 4.79 Å². The van der Waals surface area contributed by atoms with Crippen LogP contribution < -0.4 is 10.6 Å². The molecule has 100 valence electrons. The first-order chi connectivity index (χ1) is 8.13. The van der Waals surface area contributed by atoms with Crippen molar-refractivity contribution in [1.29, 1.82) is 0 Å². The lowest BCUT2D eigenvalue weighted by Crippen LogP contribution is -2.48. The molecule has 0 bridgehead atoms. The summed E-state index contributed by atoms with van der Waals surface area (Å²) < 4.78 is 0. The predicted molar refractivity (Wildman–Crippen MR) is 71.9 cm³/mol. The summed E-state index contributed by atoms with van der Waals surface area (Å²) in [5, 5.41) is 6.60. The third-order valence-electron chi connectivity index (χ3n) is 3.72. The Balaban J connectivity index is 2.21. The van der Waals surface area contributed by atoms with Gasteiger partial charge in [-0.05, 0) is 37.6 Å². The monoisotopic (exact) mass is 240 g/mol. The van der Waals surface area contributed by atoms with Gasteiger partial charge in [-0.3, -0.25) is 4.79 Å². The third-order valence-corrected chi connectivity index (χ3v) is 3.72. The Morgan fingerprint density at radius 2 is 2.24 bits per heavy atom. The molecule has 2 N–H and O–H groups in total. The summed E-state index contributed by atoms with van der Waals surface area (Å²) in [4.78, 5) is 11.6. The van der Waals surface area contributed by atoms with Gasteiger partial charge in [-0.25, -0.2) is 0 Å². The van der Waals surface area contributed by atoms with Gasteiger partial charge in [0.15, 0.2) is 0 Å². The number of amides is 1. The Labute approximate surface area is 106 Å². The molecule has 0 radical (unpaired) electrons. The minimum Gasteiger partial charge on any atom is -0.355 e. The molecule has 0 aromatic heterocycles. The summed E-state index contributed by atoms with van der Waals surface area (Å²) >= 11 is 0. The predicted octanol–water partition coefficient (Wildman–Crippen LogP) is 2.32. The highest BCUT2D eigenvalue weighted by Gasteiger charge is 2.23. The molecule has 0 aliphatic carbocycles. The zero-order valence-corrected chi connectivity index (χ0v) is 11.6. The fraction of sp³-hybridized carbons (Fsp3) is 0.929. The lowest BCUT2D eigenvalue weighted by molar-refractivity contribution is -0.121. The second kappa shape index (κ2) is 7.70. The van der Waals surface area contributed by atoms with Crippen LogP contribution >= 0.6 is 0 Å². The number of rotatable bonds is 6. The first-order valence-electron chi connectivity index (χ1n) is 7.13. The van der Waals surface area contributed by atoms with E-state index >= 15 is 0 Å². The van der Waals surface area contributed by atoms with Crippen LogP contribution in [0.5, 0.6) is 0 Å². The van der Waals surface area contributed by atoms with Crippen LogP contribution in [0.15, 0.2) is 0 Å². The first kappa shape index (κ1) is 14.5. The molecule has 2 unspecified atom stereocenters. The van der Waals surface area contributed by atoms with Crippen molar-refractivity contribution >= 4 is 5.91 Å². The van der Waals surface area contributed by atoms with Crippen molar-refractivity contribution in [2.24, 2.45) is 11.8 Å². The Morgan fingerprint density at radius 1 is 1.47 bits per heavy atom. The highest BCUT2D eigenvalue weighted by atomic mass is 16.1. The van der Waals surface area contributed by atoms with Crippen LogP contribution in [0.2, 0.25) is 0 Å². The van der Waals surface area contributed by atoms with Crippen molar-refractivity contribution in [2.45, 2.75) is 58.9 Å². The molecule has 2 atom stereocenters. The van der Waals surface area contributed by atoms with Crippen LogP contribution in [0.25, 0.3) is 0 Å². The second-order valence-corrected chi connectivity index (χ2v) is 5.61. The second-order valence-electron chi connectivity index (χ2n) is 5.61. The average molecular weight is 240 g/mol. The molecule has 1 rings (SSSR count). The number of hydrogen-bond donors (Lipinski definition) is 2. The number of hydrogen-bond acceptors (Lipinski definition) is 2. The van der Waals surface area contributed by atoms with Crippen molar-refractivity contribution in [1.82, 2.24) is 10.6 Å². The van der Waals surface area contributed by atoms with E-state index in [-0.39, 0.29) is 5.91 Å². The minimum atomic E-state index is 0.209. The Kier molecular flexibility index (Phi) is 6.56. The fourth-order valence-corrected chi connectivity index (χ4v) is 2.48. The molecule has 0 aromatic rings. The molecule has 1 aliphatic rings. The maximum atomic E-state index is 11.6. The molecule has 1 aliphatic heterocycles. The van der Waals surface area contributed by atoms with E-state index in [0.29, 0.717) is 18.4 Å². The maximum absolute atomic E-state index is 11.6. The normalized spacial score (nSPS) is 24.9. The molecule has 3 nitrogen and oxygen atoms in total. The van der Waals surface area contributed by atoms with E-state index in [1.165, 1.54) is 19.3 Å². The van der Waals surface area contributed by atoms with Gasteiger partial charge in [-0.1, -0.05) is 27.2 Å². The molecule has 1 fully saturated rings. The molecule has 0 spiro atoms. The maximum Gasteiger partial charge on any atom is 0.220 e. The van der Waals surface area contributed by atoms with Crippen LogP contribution in [0, 0.1) is 11.8 Å². The Bertz CT molecular complexity index is 228. The van der Waals surface area contributed by atoms with Crippen molar-refractivity contribution in [3.63, 3.8) is 0 Å². The standard InChI is InChI=1S/C14H28N2O/c1-4-12-6-5-9-15-13(12)10-16-14(17)8-7-11(2)3/h11-13,15H,4-10H2,1-3H3,(H,16,17). The summed E-state index contributed by atoms with van der Waals surface area (Å²) in [6.07, 6.45) is 5.44. The quantitative estimate of drug-likeness (QED) is 0.748. The SMILES string of the molecule is CCC1CCCNC1CNC(=O)CCC(C)C. The van der Waals surface area contributed by atoms with E-state index in [4.69, 9.17) is 0 Å². The smallest absolute Gasteiger partial charge is 0.220 e. The first-order valence-corrected chi connectivity index (χ1v) is 7.13. The molecule has 17 heavy (non-hydrogen) atoms. The van der Waals surface area contributed by atoms with Crippen molar-refractivity contribution in [3.8, 4) is 0 Å². The molecule has 3 heteroatoms. The minimum absolute atomic E-state index is 0.209. The zero-order chi connectivity index (χ0) is 12.7. The van der Waals surface area contributed by atoms with E-state index < -0.39 is 0 Å². The fourth-order valence-electron chi connectivity index (χ4n) is 2.48. The van der Waals surface area contributed by atoms with E-state index in [0.717, 1.165) is 25.4 Å². The molecule has 1 amide bonds. The number of carbonyl (C=O) groups excluding carboxylic acids is 1. The third kappa shape index (κ3) is 5.53. The lowest BCUT2D eigenvalue weighted by atomic mass is 9.88. The molecular weight excluding hydrogens is 212 g/mol. The average Bonchev–Trinajstić information content (AvgIpc) is 2.34. The summed E-state index contributed by atoms with van der Waals surface area (Å²) in [6.45, 7) is 8.45. The molecule has 1 heterocycles.